The zero-order chi connectivity index (χ0) is 16.1. The lowest BCUT2D eigenvalue weighted by Gasteiger charge is -2.27. The monoisotopic (exact) mass is 298 g/mol. The van der Waals surface area contributed by atoms with E-state index in [1.807, 2.05) is 6.92 Å². The summed E-state index contributed by atoms with van der Waals surface area (Å²) < 4.78 is 5.01. The Morgan fingerprint density at radius 3 is 2.48 bits per heavy atom. The maximum Gasteiger partial charge on any atom is 0.325 e. The second-order valence-electron chi connectivity index (χ2n) is 7.75. The van der Waals surface area contributed by atoms with Gasteiger partial charge in [-0.3, -0.25) is 4.79 Å². The number of carbonyl (C=O) groups is 1. The minimum Gasteiger partial charge on any atom is -0.465 e. The van der Waals surface area contributed by atoms with E-state index in [1.165, 1.54) is 19.5 Å². The number of hydrogen-bond donors (Lipinski definition) is 1. The Labute approximate surface area is 130 Å². The predicted molar refractivity (Wildman–Crippen MR) is 87.1 cm³/mol. The summed E-state index contributed by atoms with van der Waals surface area (Å²) in [6.07, 6.45) is 4.08. The largest absolute Gasteiger partial charge is 0.465 e. The van der Waals surface area contributed by atoms with Crippen molar-refractivity contribution in [2.24, 2.45) is 17.1 Å². The number of esters is 1. The van der Waals surface area contributed by atoms with Crippen LogP contribution in [-0.4, -0.2) is 42.6 Å². The molecule has 1 aliphatic rings. The number of rotatable bonds is 7. The van der Waals surface area contributed by atoms with Gasteiger partial charge < -0.3 is 15.4 Å². The molecule has 4 nitrogen and oxygen atoms in total. The number of carbonyl (C=O) groups excluding carboxylic acids is 1. The topological polar surface area (TPSA) is 55.6 Å². The second kappa shape index (κ2) is 7.59. The Morgan fingerprint density at radius 1 is 1.29 bits per heavy atom. The molecule has 0 aromatic rings. The summed E-state index contributed by atoms with van der Waals surface area (Å²) in [6.45, 7) is 14.5. The smallest absolute Gasteiger partial charge is 0.325 e. The molecule has 0 spiro atoms. The van der Waals surface area contributed by atoms with E-state index in [-0.39, 0.29) is 5.97 Å². The van der Waals surface area contributed by atoms with Crippen LogP contribution in [0, 0.1) is 11.3 Å². The van der Waals surface area contributed by atoms with Crippen molar-refractivity contribution in [2.45, 2.75) is 65.8 Å². The third-order valence-electron chi connectivity index (χ3n) is 4.66. The van der Waals surface area contributed by atoms with Crippen LogP contribution in [0.15, 0.2) is 0 Å². The fourth-order valence-corrected chi connectivity index (χ4v) is 2.97. The molecule has 0 radical (unpaired) electrons. The number of nitrogens with two attached hydrogens (primary N) is 1. The van der Waals surface area contributed by atoms with Gasteiger partial charge in [0.1, 0.15) is 5.54 Å². The normalized spacial score (nSPS) is 23.0. The molecule has 1 heterocycles. The van der Waals surface area contributed by atoms with Crippen LogP contribution < -0.4 is 5.73 Å². The van der Waals surface area contributed by atoms with Crippen molar-refractivity contribution in [1.29, 1.82) is 0 Å². The van der Waals surface area contributed by atoms with E-state index >= 15 is 0 Å². The Morgan fingerprint density at radius 2 is 1.95 bits per heavy atom. The molecule has 2 atom stereocenters. The fourth-order valence-electron chi connectivity index (χ4n) is 2.97. The van der Waals surface area contributed by atoms with Gasteiger partial charge in [-0.15, -0.1) is 0 Å². The van der Waals surface area contributed by atoms with E-state index in [4.69, 9.17) is 10.5 Å². The van der Waals surface area contributed by atoms with Crippen molar-refractivity contribution in [3.63, 3.8) is 0 Å². The molecule has 1 rings (SSSR count). The van der Waals surface area contributed by atoms with E-state index in [1.54, 1.807) is 6.92 Å². The molecule has 0 saturated carbocycles. The van der Waals surface area contributed by atoms with Crippen LogP contribution >= 0.6 is 0 Å². The van der Waals surface area contributed by atoms with Crippen LogP contribution in [0.25, 0.3) is 0 Å². The molecule has 1 saturated heterocycles. The number of ether oxygens (including phenoxy) is 1. The van der Waals surface area contributed by atoms with Gasteiger partial charge in [-0.1, -0.05) is 20.8 Å². The Hall–Kier alpha value is -0.610. The zero-order valence-electron chi connectivity index (χ0n) is 14.6. The summed E-state index contributed by atoms with van der Waals surface area (Å²) in [5, 5.41) is 0. The van der Waals surface area contributed by atoms with Crippen molar-refractivity contribution < 1.29 is 9.53 Å². The molecular weight excluding hydrogens is 264 g/mol. The maximum atomic E-state index is 11.7. The highest BCUT2D eigenvalue weighted by Gasteiger charge is 2.32. The summed E-state index contributed by atoms with van der Waals surface area (Å²) in [5.74, 6) is 0.524. The van der Waals surface area contributed by atoms with E-state index in [0.29, 0.717) is 18.4 Å². The van der Waals surface area contributed by atoms with Gasteiger partial charge in [0.15, 0.2) is 0 Å². The molecule has 0 aromatic carbocycles. The third-order valence-corrected chi connectivity index (χ3v) is 4.66. The lowest BCUT2D eigenvalue weighted by molar-refractivity contribution is -0.149. The highest BCUT2D eigenvalue weighted by molar-refractivity contribution is 5.79. The van der Waals surface area contributed by atoms with Gasteiger partial charge in [-0.25, -0.2) is 0 Å². The molecule has 0 aromatic heterocycles. The molecule has 21 heavy (non-hydrogen) atoms. The molecule has 0 aliphatic carbocycles. The van der Waals surface area contributed by atoms with Crippen molar-refractivity contribution in [1.82, 2.24) is 4.90 Å². The van der Waals surface area contributed by atoms with Gasteiger partial charge >= 0.3 is 5.97 Å². The molecule has 124 valence electrons. The number of likely N-dealkylation sites (tertiary alicyclic amines) is 1. The summed E-state index contributed by atoms with van der Waals surface area (Å²) in [5.41, 5.74) is 5.60. The van der Waals surface area contributed by atoms with Crippen LogP contribution in [0.3, 0.4) is 0 Å². The maximum absolute atomic E-state index is 11.7. The number of unbranched alkanes of at least 4 members (excludes halogenated alkanes) is 1. The molecule has 1 fully saturated rings. The first kappa shape index (κ1) is 18.4. The van der Waals surface area contributed by atoms with Gasteiger partial charge in [-0.05, 0) is 64.0 Å². The molecule has 2 N–H and O–H groups in total. The molecule has 0 bridgehead atoms. The summed E-state index contributed by atoms with van der Waals surface area (Å²) in [7, 11) is 0. The first-order valence-electron chi connectivity index (χ1n) is 8.35. The van der Waals surface area contributed by atoms with Crippen molar-refractivity contribution in [3.8, 4) is 0 Å². The number of nitrogens with zero attached hydrogens (tertiary/aromatic N) is 1. The van der Waals surface area contributed by atoms with Crippen molar-refractivity contribution >= 4 is 5.97 Å². The lowest BCUT2D eigenvalue weighted by Crippen LogP contribution is -2.46. The minimum atomic E-state index is -0.838. The van der Waals surface area contributed by atoms with Crippen LogP contribution in [0.2, 0.25) is 0 Å². The molecule has 2 unspecified atom stereocenters. The van der Waals surface area contributed by atoms with Crippen LogP contribution in [-0.2, 0) is 9.53 Å². The number of hydrogen-bond acceptors (Lipinski definition) is 4. The van der Waals surface area contributed by atoms with Crippen molar-refractivity contribution in [3.05, 3.63) is 0 Å². The third kappa shape index (κ3) is 5.95. The lowest BCUT2D eigenvalue weighted by atomic mass is 9.80. The standard InChI is InChI=1S/C17H34N2O2/c1-6-21-15(20)17(5,18)10-7-8-11-19-12-9-14(13-19)16(2,3)4/h14H,6-13,18H2,1-5H3. The average Bonchev–Trinajstić information content (AvgIpc) is 2.83. The van der Waals surface area contributed by atoms with E-state index < -0.39 is 5.54 Å². The van der Waals surface area contributed by atoms with E-state index in [2.05, 4.69) is 25.7 Å². The van der Waals surface area contributed by atoms with Gasteiger partial charge in [0, 0.05) is 6.54 Å². The first-order chi connectivity index (χ1) is 9.66. The van der Waals surface area contributed by atoms with Gasteiger partial charge in [0.25, 0.3) is 0 Å². The Bertz CT molecular complexity index is 334. The molecular formula is C17H34N2O2. The minimum absolute atomic E-state index is 0.279. The molecule has 1 aliphatic heterocycles. The highest BCUT2D eigenvalue weighted by atomic mass is 16.5. The SMILES string of the molecule is CCOC(=O)C(C)(N)CCCCN1CCC(C(C)(C)C)C1. The van der Waals surface area contributed by atoms with Gasteiger partial charge in [0.2, 0.25) is 0 Å². The summed E-state index contributed by atoms with van der Waals surface area (Å²) in [6, 6.07) is 0. The fraction of sp³-hybridized carbons (Fsp3) is 0.941. The van der Waals surface area contributed by atoms with Crippen LogP contribution in [0.4, 0.5) is 0 Å². The second-order valence-corrected chi connectivity index (χ2v) is 7.75. The molecule has 0 amide bonds. The zero-order valence-corrected chi connectivity index (χ0v) is 14.6. The predicted octanol–water partition coefficient (Wildman–Crippen LogP) is 2.81. The average molecular weight is 298 g/mol. The summed E-state index contributed by atoms with van der Waals surface area (Å²) in [4.78, 5) is 14.3. The summed E-state index contributed by atoms with van der Waals surface area (Å²) >= 11 is 0. The van der Waals surface area contributed by atoms with E-state index in [0.717, 1.165) is 25.3 Å². The van der Waals surface area contributed by atoms with Gasteiger partial charge in [-0.2, -0.15) is 0 Å². The highest BCUT2D eigenvalue weighted by Crippen LogP contribution is 2.33. The molecule has 4 heteroatoms. The van der Waals surface area contributed by atoms with Crippen LogP contribution in [0.1, 0.15) is 60.3 Å². The first-order valence-corrected chi connectivity index (χ1v) is 8.35. The quantitative estimate of drug-likeness (QED) is 0.580. The Balaban J connectivity index is 2.22. The van der Waals surface area contributed by atoms with E-state index in [9.17, 15) is 4.79 Å². The van der Waals surface area contributed by atoms with Gasteiger partial charge in [0.05, 0.1) is 6.61 Å². The Kier molecular flexibility index (Phi) is 6.67. The van der Waals surface area contributed by atoms with Crippen LogP contribution in [0.5, 0.6) is 0 Å². The van der Waals surface area contributed by atoms with Crippen molar-refractivity contribution in [2.75, 3.05) is 26.2 Å².